The lowest BCUT2D eigenvalue weighted by Gasteiger charge is -2.24. The number of aliphatic imine (C=N–C) groups is 1. The molecule has 0 spiro atoms. The van der Waals surface area contributed by atoms with Crippen molar-refractivity contribution in [2.75, 3.05) is 19.6 Å². The molecule has 13 N–H and O–H groups in total. The average molecular weight is 489 g/mol. The second-order valence-electron chi connectivity index (χ2n) is 7.45. The standard InChI is InChI=1S/C19H36N8O7/c20-8-2-1-4-13(18(33)34)27-17(32)12(6-7-15(29)30)26-16(31)11(25-14(28)10-21)5-3-9-24-19(22)23/h11-13H,1-10,20-21H2,(H,25,28)(H,26,31)(H,27,32)(H,29,30)(H,33,34)(H4,22,23,24). The Bertz CT molecular complexity index is 727. The first-order valence-corrected chi connectivity index (χ1v) is 10.8. The zero-order valence-corrected chi connectivity index (χ0v) is 19.0. The number of hydrogen-bond acceptors (Lipinski definition) is 8. The van der Waals surface area contributed by atoms with Crippen molar-refractivity contribution < 1.29 is 34.2 Å². The molecule has 3 atom stereocenters. The Labute approximate surface area is 197 Å². The monoisotopic (exact) mass is 488 g/mol. The maximum absolute atomic E-state index is 12.8. The highest BCUT2D eigenvalue weighted by Gasteiger charge is 2.29. The van der Waals surface area contributed by atoms with Crippen LogP contribution >= 0.6 is 0 Å². The van der Waals surface area contributed by atoms with Gasteiger partial charge in [0.15, 0.2) is 5.96 Å². The zero-order chi connectivity index (χ0) is 26.1. The molecule has 0 aromatic rings. The predicted molar refractivity (Wildman–Crippen MR) is 122 cm³/mol. The summed E-state index contributed by atoms with van der Waals surface area (Å²) >= 11 is 0. The van der Waals surface area contributed by atoms with Gasteiger partial charge in [-0.05, 0) is 45.1 Å². The third-order valence-corrected chi connectivity index (χ3v) is 4.62. The molecule has 0 fully saturated rings. The van der Waals surface area contributed by atoms with Crippen LogP contribution in [0, 0.1) is 0 Å². The van der Waals surface area contributed by atoms with Gasteiger partial charge in [0.1, 0.15) is 18.1 Å². The summed E-state index contributed by atoms with van der Waals surface area (Å²) in [5, 5.41) is 25.5. The Morgan fingerprint density at radius 2 is 1.32 bits per heavy atom. The Morgan fingerprint density at radius 3 is 1.82 bits per heavy atom. The van der Waals surface area contributed by atoms with Gasteiger partial charge in [0.2, 0.25) is 17.7 Å². The Hall–Kier alpha value is -3.46. The molecule has 0 heterocycles. The van der Waals surface area contributed by atoms with E-state index < -0.39 is 54.2 Å². The first kappa shape index (κ1) is 30.5. The van der Waals surface area contributed by atoms with E-state index in [1.165, 1.54) is 0 Å². The van der Waals surface area contributed by atoms with E-state index in [0.29, 0.717) is 25.8 Å². The summed E-state index contributed by atoms with van der Waals surface area (Å²) in [6.07, 6.45) is 0.747. The van der Waals surface area contributed by atoms with Crippen molar-refractivity contribution >= 4 is 35.6 Å². The molecule has 15 heteroatoms. The van der Waals surface area contributed by atoms with Crippen LogP contribution < -0.4 is 38.9 Å². The van der Waals surface area contributed by atoms with Crippen LogP contribution in [-0.2, 0) is 24.0 Å². The smallest absolute Gasteiger partial charge is 0.326 e. The summed E-state index contributed by atoms with van der Waals surface area (Å²) in [5.74, 6) is -4.89. The summed E-state index contributed by atoms with van der Waals surface area (Å²) in [5.41, 5.74) is 21.2. The third-order valence-electron chi connectivity index (χ3n) is 4.62. The highest BCUT2D eigenvalue weighted by Crippen LogP contribution is 2.06. The summed E-state index contributed by atoms with van der Waals surface area (Å²) in [6.45, 7) is 0.150. The SMILES string of the molecule is NCCCCC(NC(=O)C(CCC(=O)O)NC(=O)C(CCCN=C(N)N)NC(=O)CN)C(=O)O. The Kier molecular flexibility index (Phi) is 15.3. The van der Waals surface area contributed by atoms with E-state index in [2.05, 4.69) is 20.9 Å². The number of carboxylic acids is 2. The van der Waals surface area contributed by atoms with Gasteiger partial charge in [0.25, 0.3) is 0 Å². The van der Waals surface area contributed by atoms with Crippen molar-refractivity contribution in [1.29, 1.82) is 0 Å². The molecule has 3 unspecified atom stereocenters. The average Bonchev–Trinajstić information content (AvgIpc) is 2.76. The van der Waals surface area contributed by atoms with Gasteiger partial charge in [-0.15, -0.1) is 0 Å². The quantitative estimate of drug-likeness (QED) is 0.0519. The maximum atomic E-state index is 12.8. The van der Waals surface area contributed by atoms with Crippen molar-refractivity contribution in [3.8, 4) is 0 Å². The topological polar surface area (TPSA) is 278 Å². The normalized spacial score (nSPS) is 13.1. The molecule has 0 saturated carbocycles. The maximum Gasteiger partial charge on any atom is 0.326 e. The zero-order valence-electron chi connectivity index (χ0n) is 19.0. The van der Waals surface area contributed by atoms with Gasteiger partial charge in [0, 0.05) is 13.0 Å². The van der Waals surface area contributed by atoms with Gasteiger partial charge in [-0.25, -0.2) is 4.79 Å². The number of nitrogens with one attached hydrogen (secondary N) is 3. The number of unbranched alkanes of at least 4 members (excludes halogenated alkanes) is 1. The molecule has 0 aromatic heterocycles. The summed E-state index contributed by atoms with van der Waals surface area (Å²) in [6, 6.07) is -3.70. The highest BCUT2D eigenvalue weighted by molar-refractivity contribution is 5.93. The number of carbonyl (C=O) groups excluding carboxylic acids is 3. The lowest BCUT2D eigenvalue weighted by atomic mass is 10.1. The molecule has 0 saturated heterocycles. The van der Waals surface area contributed by atoms with Gasteiger partial charge in [-0.1, -0.05) is 0 Å². The molecule has 0 radical (unpaired) electrons. The van der Waals surface area contributed by atoms with E-state index in [1.807, 2.05) is 0 Å². The van der Waals surface area contributed by atoms with Crippen LogP contribution in [0.25, 0.3) is 0 Å². The number of amides is 3. The Morgan fingerprint density at radius 1 is 0.765 bits per heavy atom. The van der Waals surface area contributed by atoms with Crippen molar-refractivity contribution in [2.45, 2.75) is 63.1 Å². The fourth-order valence-electron chi connectivity index (χ4n) is 2.86. The first-order chi connectivity index (χ1) is 16.0. The molecule has 0 rings (SSSR count). The number of aliphatic carboxylic acids is 2. The molecule has 0 aliphatic rings. The molecule has 194 valence electrons. The van der Waals surface area contributed by atoms with Gasteiger partial charge < -0.3 is 49.1 Å². The molecule has 15 nitrogen and oxygen atoms in total. The minimum atomic E-state index is -1.35. The molecular formula is C19H36N8O7. The number of hydrogen-bond donors (Lipinski definition) is 9. The molecule has 3 amide bonds. The van der Waals surface area contributed by atoms with Crippen LogP contribution in [0.3, 0.4) is 0 Å². The van der Waals surface area contributed by atoms with Gasteiger partial charge in [-0.3, -0.25) is 24.2 Å². The highest BCUT2D eigenvalue weighted by atomic mass is 16.4. The summed E-state index contributed by atoms with van der Waals surface area (Å²) in [7, 11) is 0. The molecule has 34 heavy (non-hydrogen) atoms. The van der Waals surface area contributed by atoms with E-state index in [-0.39, 0.29) is 38.3 Å². The summed E-state index contributed by atoms with van der Waals surface area (Å²) in [4.78, 5) is 63.5. The van der Waals surface area contributed by atoms with Gasteiger partial charge in [0.05, 0.1) is 6.54 Å². The van der Waals surface area contributed by atoms with Gasteiger partial charge in [-0.2, -0.15) is 0 Å². The Balaban J connectivity index is 5.41. The second-order valence-corrected chi connectivity index (χ2v) is 7.45. The number of rotatable bonds is 18. The minimum absolute atomic E-state index is 0.0957. The lowest BCUT2D eigenvalue weighted by molar-refractivity contribution is -0.143. The van der Waals surface area contributed by atoms with E-state index in [0.717, 1.165) is 0 Å². The number of guanidine groups is 1. The van der Waals surface area contributed by atoms with Crippen molar-refractivity contribution in [2.24, 2.45) is 27.9 Å². The van der Waals surface area contributed by atoms with Crippen molar-refractivity contribution in [1.82, 2.24) is 16.0 Å². The number of nitrogens with zero attached hydrogens (tertiary/aromatic N) is 1. The number of nitrogens with two attached hydrogens (primary N) is 4. The molecule has 0 aromatic carbocycles. The fraction of sp³-hybridized carbons (Fsp3) is 0.684. The summed E-state index contributed by atoms with van der Waals surface area (Å²) < 4.78 is 0. The molecule has 0 aliphatic heterocycles. The number of carboxylic acid groups (broad SMARTS) is 2. The van der Waals surface area contributed by atoms with Crippen molar-refractivity contribution in [3.63, 3.8) is 0 Å². The number of carbonyl (C=O) groups is 5. The minimum Gasteiger partial charge on any atom is -0.481 e. The first-order valence-electron chi connectivity index (χ1n) is 10.8. The van der Waals surface area contributed by atoms with E-state index in [9.17, 15) is 29.1 Å². The molecule has 0 bridgehead atoms. The van der Waals surface area contributed by atoms with E-state index in [1.54, 1.807) is 0 Å². The van der Waals surface area contributed by atoms with Gasteiger partial charge >= 0.3 is 11.9 Å². The van der Waals surface area contributed by atoms with Crippen LogP contribution in [0.1, 0.15) is 44.9 Å². The van der Waals surface area contributed by atoms with Crippen LogP contribution in [0.15, 0.2) is 4.99 Å². The molecular weight excluding hydrogens is 452 g/mol. The van der Waals surface area contributed by atoms with Crippen LogP contribution in [0.2, 0.25) is 0 Å². The van der Waals surface area contributed by atoms with E-state index >= 15 is 0 Å². The molecule has 0 aliphatic carbocycles. The second kappa shape index (κ2) is 17.1. The predicted octanol–water partition coefficient (Wildman–Crippen LogP) is -3.47. The van der Waals surface area contributed by atoms with Crippen LogP contribution in [0.4, 0.5) is 0 Å². The van der Waals surface area contributed by atoms with Crippen LogP contribution in [0.5, 0.6) is 0 Å². The lowest BCUT2D eigenvalue weighted by Crippen LogP contribution is -2.56. The van der Waals surface area contributed by atoms with E-state index in [4.69, 9.17) is 28.0 Å². The third kappa shape index (κ3) is 13.8. The fourth-order valence-corrected chi connectivity index (χ4v) is 2.86. The van der Waals surface area contributed by atoms with Crippen molar-refractivity contribution in [3.05, 3.63) is 0 Å². The van der Waals surface area contributed by atoms with Crippen LogP contribution in [-0.4, -0.2) is 83.6 Å². The largest absolute Gasteiger partial charge is 0.481 e.